The van der Waals surface area contributed by atoms with Crippen molar-refractivity contribution < 1.29 is 9.18 Å². The van der Waals surface area contributed by atoms with E-state index in [0.29, 0.717) is 10.9 Å². The number of amides is 1. The van der Waals surface area contributed by atoms with Gasteiger partial charge >= 0.3 is 0 Å². The molecule has 1 aromatic carbocycles. The van der Waals surface area contributed by atoms with Gasteiger partial charge in [0.25, 0.3) is 5.56 Å². The Bertz CT molecular complexity index is 782. The maximum Gasteiger partial charge on any atom is 0.251 e. The van der Waals surface area contributed by atoms with Gasteiger partial charge in [0.15, 0.2) is 5.16 Å². The highest BCUT2D eigenvalue weighted by Crippen LogP contribution is 2.19. The van der Waals surface area contributed by atoms with E-state index in [0.717, 1.165) is 37.1 Å². The van der Waals surface area contributed by atoms with Crippen molar-refractivity contribution in [2.75, 3.05) is 11.1 Å². The Kier molecular flexibility index (Phi) is 6.81. The molecular weight excluding hydrogens is 353 g/mol. The second kappa shape index (κ2) is 8.84. The van der Waals surface area contributed by atoms with Crippen molar-refractivity contribution in [3.8, 4) is 0 Å². The van der Waals surface area contributed by atoms with Crippen LogP contribution in [0.3, 0.4) is 0 Å². The Morgan fingerprint density at radius 2 is 2.21 bits per heavy atom. The van der Waals surface area contributed by atoms with Gasteiger partial charge in [0.1, 0.15) is 5.82 Å². The molecule has 0 saturated heterocycles. The molecule has 0 spiro atoms. The lowest BCUT2D eigenvalue weighted by atomic mass is 10.2. The summed E-state index contributed by atoms with van der Waals surface area (Å²) in [5, 5.41) is 3.09. The minimum atomic E-state index is -0.603. The molecule has 1 aromatic heterocycles. The predicted octanol–water partition coefficient (Wildman–Crippen LogP) is 3.64. The summed E-state index contributed by atoms with van der Waals surface area (Å²) in [4.78, 5) is 30.4. The van der Waals surface area contributed by atoms with Crippen LogP contribution in [-0.4, -0.2) is 21.6 Å². The third-order valence-corrected chi connectivity index (χ3v) is 4.21. The highest BCUT2D eigenvalue weighted by Gasteiger charge is 2.10. The van der Waals surface area contributed by atoms with Crippen LogP contribution in [-0.2, 0) is 11.2 Å². The van der Waals surface area contributed by atoms with E-state index in [2.05, 4.69) is 22.2 Å². The molecule has 1 heterocycles. The summed E-state index contributed by atoms with van der Waals surface area (Å²) in [7, 11) is 0. The zero-order valence-electron chi connectivity index (χ0n) is 13.1. The van der Waals surface area contributed by atoms with E-state index >= 15 is 0 Å². The number of anilines is 1. The van der Waals surface area contributed by atoms with E-state index in [1.54, 1.807) is 0 Å². The van der Waals surface area contributed by atoms with Gasteiger partial charge in [-0.3, -0.25) is 9.59 Å². The number of hydrogen-bond donors (Lipinski definition) is 2. The molecule has 0 saturated carbocycles. The molecule has 0 radical (unpaired) electrons. The quantitative estimate of drug-likeness (QED) is 0.577. The number of carbonyl (C=O) groups excluding carboxylic acids is 1. The molecule has 2 N–H and O–H groups in total. The fourth-order valence-electron chi connectivity index (χ4n) is 1.95. The van der Waals surface area contributed by atoms with Crippen LogP contribution in [0, 0.1) is 5.82 Å². The van der Waals surface area contributed by atoms with Crippen molar-refractivity contribution in [2.24, 2.45) is 0 Å². The average Bonchev–Trinajstić information content (AvgIpc) is 2.53. The number of aromatic amines is 1. The summed E-state index contributed by atoms with van der Waals surface area (Å²) in [6.07, 6.45) is 2.67. The largest absolute Gasteiger partial charge is 0.323 e. The molecule has 0 fully saturated rings. The Morgan fingerprint density at radius 1 is 1.42 bits per heavy atom. The van der Waals surface area contributed by atoms with Gasteiger partial charge in [0.2, 0.25) is 5.91 Å². The first kappa shape index (κ1) is 18.5. The van der Waals surface area contributed by atoms with E-state index in [1.807, 2.05) is 0 Å². The minimum absolute atomic E-state index is 0.00222. The number of H-pyrrole nitrogens is 1. The molecule has 128 valence electrons. The number of thioether (sulfide) groups is 1. The van der Waals surface area contributed by atoms with Crippen molar-refractivity contribution in [1.82, 2.24) is 9.97 Å². The first-order valence-corrected chi connectivity index (χ1v) is 8.82. The third kappa shape index (κ3) is 5.65. The Labute approximate surface area is 148 Å². The van der Waals surface area contributed by atoms with Crippen LogP contribution < -0.4 is 10.9 Å². The summed E-state index contributed by atoms with van der Waals surface area (Å²) in [6, 6.07) is 5.47. The van der Waals surface area contributed by atoms with E-state index in [9.17, 15) is 14.0 Å². The zero-order chi connectivity index (χ0) is 17.5. The summed E-state index contributed by atoms with van der Waals surface area (Å²) in [6.45, 7) is 2.06. The minimum Gasteiger partial charge on any atom is -0.323 e. The van der Waals surface area contributed by atoms with Gasteiger partial charge in [-0.2, -0.15) is 0 Å². The lowest BCUT2D eigenvalue weighted by molar-refractivity contribution is -0.113. The number of benzene rings is 1. The van der Waals surface area contributed by atoms with Crippen molar-refractivity contribution in [2.45, 2.75) is 31.3 Å². The third-order valence-electron chi connectivity index (χ3n) is 3.10. The Balaban J connectivity index is 1.96. The van der Waals surface area contributed by atoms with Crippen molar-refractivity contribution in [3.63, 3.8) is 0 Å². The summed E-state index contributed by atoms with van der Waals surface area (Å²) < 4.78 is 13.6. The Hall–Kier alpha value is -1.86. The zero-order valence-corrected chi connectivity index (χ0v) is 14.6. The van der Waals surface area contributed by atoms with Crippen LogP contribution >= 0.6 is 23.4 Å². The van der Waals surface area contributed by atoms with E-state index < -0.39 is 11.7 Å². The SMILES string of the molecule is CCCCc1cc(=O)[nH]c(SCC(=O)Nc2ccc(Cl)cc2F)n1. The molecule has 2 aromatic rings. The van der Waals surface area contributed by atoms with Gasteiger partial charge in [-0.15, -0.1) is 0 Å². The molecule has 24 heavy (non-hydrogen) atoms. The summed E-state index contributed by atoms with van der Waals surface area (Å²) in [5.41, 5.74) is 0.512. The number of nitrogens with zero attached hydrogens (tertiary/aromatic N) is 1. The Morgan fingerprint density at radius 3 is 2.92 bits per heavy atom. The molecule has 0 aliphatic carbocycles. The molecule has 8 heteroatoms. The topological polar surface area (TPSA) is 74.8 Å². The van der Waals surface area contributed by atoms with E-state index in [1.165, 1.54) is 18.2 Å². The number of aromatic nitrogens is 2. The molecule has 0 bridgehead atoms. The molecule has 0 unspecified atom stereocenters. The molecular formula is C16H17ClFN3O2S. The first-order chi connectivity index (χ1) is 11.5. The number of hydrogen-bond acceptors (Lipinski definition) is 4. The predicted molar refractivity (Wildman–Crippen MR) is 94.2 cm³/mol. The number of nitrogens with one attached hydrogen (secondary N) is 2. The van der Waals surface area contributed by atoms with Crippen LogP contribution in [0.2, 0.25) is 5.02 Å². The number of halogens is 2. The van der Waals surface area contributed by atoms with Gasteiger partial charge in [-0.1, -0.05) is 36.7 Å². The van der Waals surface area contributed by atoms with Gasteiger partial charge in [0.05, 0.1) is 11.4 Å². The molecule has 0 aliphatic rings. The smallest absolute Gasteiger partial charge is 0.251 e. The lowest BCUT2D eigenvalue weighted by Gasteiger charge is -2.07. The van der Waals surface area contributed by atoms with Crippen LogP contribution in [0.4, 0.5) is 10.1 Å². The van der Waals surface area contributed by atoms with E-state index in [4.69, 9.17) is 11.6 Å². The van der Waals surface area contributed by atoms with Gasteiger partial charge in [-0.05, 0) is 31.0 Å². The van der Waals surface area contributed by atoms with Crippen LogP contribution in [0.25, 0.3) is 0 Å². The monoisotopic (exact) mass is 369 g/mol. The highest BCUT2D eigenvalue weighted by atomic mass is 35.5. The highest BCUT2D eigenvalue weighted by molar-refractivity contribution is 7.99. The number of aryl methyl sites for hydroxylation is 1. The molecule has 1 amide bonds. The molecule has 0 aliphatic heterocycles. The van der Waals surface area contributed by atoms with Gasteiger partial charge in [0, 0.05) is 16.8 Å². The molecule has 5 nitrogen and oxygen atoms in total. The van der Waals surface area contributed by atoms with E-state index in [-0.39, 0.29) is 22.0 Å². The summed E-state index contributed by atoms with van der Waals surface area (Å²) in [5.74, 6) is -1.00. The summed E-state index contributed by atoms with van der Waals surface area (Å²) >= 11 is 6.75. The van der Waals surface area contributed by atoms with Gasteiger partial charge in [-0.25, -0.2) is 9.37 Å². The first-order valence-electron chi connectivity index (χ1n) is 7.46. The van der Waals surface area contributed by atoms with Crippen LogP contribution in [0.5, 0.6) is 0 Å². The number of rotatable bonds is 7. The standard InChI is InChI=1S/C16H17ClFN3O2S/c1-2-3-4-11-8-14(22)21-16(19-11)24-9-15(23)20-13-6-5-10(17)7-12(13)18/h5-8H,2-4,9H2,1H3,(H,20,23)(H,19,21,22). The maximum atomic E-state index is 13.6. The number of carbonyl (C=O) groups is 1. The average molecular weight is 370 g/mol. The molecule has 0 atom stereocenters. The fourth-order valence-corrected chi connectivity index (χ4v) is 2.80. The normalized spacial score (nSPS) is 10.6. The fraction of sp³-hybridized carbons (Fsp3) is 0.312. The van der Waals surface area contributed by atoms with Gasteiger partial charge < -0.3 is 10.3 Å². The number of unbranched alkanes of at least 4 members (excludes halogenated alkanes) is 1. The maximum absolute atomic E-state index is 13.6. The molecule has 2 rings (SSSR count). The van der Waals surface area contributed by atoms with Crippen molar-refractivity contribution in [1.29, 1.82) is 0 Å². The van der Waals surface area contributed by atoms with Crippen LogP contribution in [0.15, 0.2) is 34.2 Å². The van der Waals surface area contributed by atoms with Crippen molar-refractivity contribution in [3.05, 3.63) is 51.2 Å². The van der Waals surface area contributed by atoms with Crippen molar-refractivity contribution >= 4 is 35.0 Å². The van der Waals surface area contributed by atoms with Crippen LogP contribution in [0.1, 0.15) is 25.5 Å². The lowest BCUT2D eigenvalue weighted by Crippen LogP contribution is -2.16. The second-order valence-electron chi connectivity index (χ2n) is 5.11. The second-order valence-corrected chi connectivity index (χ2v) is 6.51.